The van der Waals surface area contributed by atoms with Crippen molar-refractivity contribution in [3.05, 3.63) is 23.9 Å². The third-order valence-electron chi connectivity index (χ3n) is 2.64. The maximum absolute atomic E-state index is 8.82. The minimum atomic E-state index is 0.439. The smallest absolute Gasteiger partial charge is 0.129 e. The fraction of sp³-hybridized carbons (Fsp3) is 0.500. The fourth-order valence-electron chi connectivity index (χ4n) is 1.39. The van der Waals surface area contributed by atoms with Crippen molar-refractivity contribution in [1.82, 2.24) is 4.98 Å². The monoisotopic (exact) mass is 235 g/mol. The maximum Gasteiger partial charge on any atom is 0.129 e. The summed E-state index contributed by atoms with van der Waals surface area (Å²) < 4.78 is 0. The molecule has 0 radical (unpaired) electrons. The molecule has 1 aromatic heterocycles. The highest BCUT2D eigenvalue weighted by molar-refractivity contribution is 7.98. The molecule has 1 unspecified atom stereocenters. The summed E-state index contributed by atoms with van der Waals surface area (Å²) in [5, 5.41) is 8.82. The Morgan fingerprint density at radius 3 is 3.00 bits per heavy atom. The third kappa shape index (κ3) is 3.42. The molecule has 0 saturated carbocycles. The molecule has 0 aromatic carbocycles. The van der Waals surface area contributed by atoms with Gasteiger partial charge in [0.15, 0.2) is 0 Å². The number of anilines is 1. The molecule has 16 heavy (non-hydrogen) atoms. The minimum Gasteiger partial charge on any atom is -0.357 e. The molecule has 0 aliphatic rings. The molecular formula is C12H17N3S. The first kappa shape index (κ1) is 12.9. The van der Waals surface area contributed by atoms with E-state index in [2.05, 4.69) is 29.1 Å². The van der Waals surface area contributed by atoms with Gasteiger partial charge in [-0.25, -0.2) is 4.98 Å². The summed E-state index contributed by atoms with van der Waals surface area (Å²) in [6.07, 6.45) is 4.92. The van der Waals surface area contributed by atoms with Gasteiger partial charge in [0.25, 0.3) is 0 Å². The standard InChI is InChI=1S/C12H17N3S/c1-10(5-7-16-3)15(2)12-8-11(9-13)4-6-14-12/h4,6,8,10H,5,7H2,1-3H3. The summed E-state index contributed by atoms with van der Waals surface area (Å²) in [6, 6.07) is 6.13. The molecule has 1 atom stereocenters. The van der Waals surface area contributed by atoms with Crippen LogP contribution < -0.4 is 4.90 Å². The number of nitriles is 1. The summed E-state index contributed by atoms with van der Waals surface area (Å²) in [7, 11) is 2.02. The molecule has 0 fully saturated rings. The lowest BCUT2D eigenvalue weighted by Crippen LogP contribution is -2.30. The average Bonchev–Trinajstić information content (AvgIpc) is 2.35. The Hall–Kier alpha value is -1.21. The molecule has 0 bridgehead atoms. The van der Waals surface area contributed by atoms with E-state index in [-0.39, 0.29) is 0 Å². The zero-order valence-corrected chi connectivity index (χ0v) is 10.8. The second-order valence-corrected chi connectivity index (χ2v) is 4.74. The van der Waals surface area contributed by atoms with E-state index in [9.17, 15) is 0 Å². The lowest BCUT2D eigenvalue weighted by Gasteiger charge is -2.25. The zero-order chi connectivity index (χ0) is 12.0. The Balaban J connectivity index is 2.71. The summed E-state index contributed by atoms with van der Waals surface area (Å²) in [5.41, 5.74) is 0.661. The largest absolute Gasteiger partial charge is 0.357 e. The summed E-state index contributed by atoms with van der Waals surface area (Å²) >= 11 is 1.85. The normalized spacial score (nSPS) is 11.9. The predicted octanol–water partition coefficient (Wildman–Crippen LogP) is 2.53. The third-order valence-corrected chi connectivity index (χ3v) is 3.28. The molecule has 1 heterocycles. The first-order valence-corrected chi connectivity index (χ1v) is 6.66. The van der Waals surface area contributed by atoms with Crippen molar-refractivity contribution in [1.29, 1.82) is 5.26 Å². The van der Waals surface area contributed by atoms with Gasteiger partial charge in [0.1, 0.15) is 5.82 Å². The predicted molar refractivity (Wildman–Crippen MR) is 69.8 cm³/mol. The van der Waals surface area contributed by atoms with Gasteiger partial charge in [-0.15, -0.1) is 0 Å². The topological polar surface area (TPSA) is 39.9 Å². The van der Waals surface area contributed by atoms with Crippen molar-refractivity contribution in [2.45, 2.75) is 19.4 Å². The van der Waals surface area contributed by atoms with Crippen LogP contribution in [0.5, 0.6) is 0 Å². The van der Waals surface area contributed by atoms with Crippen LogP contribution in [-0.4, -0.2) is 30.1 Å². The zero-order valence-electron chi connectivity index (χ0n) is 9.97. The number of rotatable bonds is 5. The molecule has 0 amide bonds. The second kappa shape index (κ2) is 6.39. The molecular weight excluding hydrogens is 218 g/mol. The number of aromatic nitrogens is 1. The van der Waals surface area contributed by atoms with Gasteiger partial charge in [-0.2, -0.15) is 17.0 Å². The van der Waals surface area contributed by atoms with E-state index in [1.165, 1.54) is 0 Å². The van der Waals surface area contributed by atoms with Crippen LogP contribution in [0.2, 0.25) is 0 Å². The van der Waals surface area contributed by atoms with Gasteiger partial charge in [-0.1, -0.05) is 0 Å². The van der Waals surface area contributed by atoms with Crippen LogP contribution >= 0.6 is 11.8 Å². The minimum absolute atomic E-state index is 0.439. The number of thioether (sulfide) groups is 1. The van der Waals surface area contributed by atoms with Gasteiger partial charge >= 0.3 is 0 Å². The molecule has 0 aliphatic carbocycles. The highest BCUT2D eigenvalue weighted by atomic mass is 32.2. The number of hydrogen-bond acceptors (Lipinski definition) is 4. The maximum atomic E-state index is 8.82. The van der Waals surface area contributed by atoms with Crippen molar-refractivity contribution in [3.8, 4) is 6.07 Å². The molecule has 1 aromatic rings. The Labute approximate surface area is 101 Å². The van der Waals surface area contributed by atoms with Gasteiger partial charge in [0, 0.05) is 19.3 Å². The second-order valence-electron chi connectivity index (χ2n) is 3.76. The molecule has 0 N–H and O–H groups in total. The number of pyridine rings is 1. The van der Waals surface area contributed by atoms with Gasteiger partial charge in [0.05, 0.1) is 11.6 Å². The lowest BCUT2D eigenvalue weighted by molar-refractivity contribution is 0.662. The van der Waals surface area contributed by atoms with Gasteiger partial charge in [0.2, 0.25) is 0 Å². The Morgan fingerprint density at radius 1 is 1.62 bits per heavy atom. The van der Waals surface area contributed by atoms with E-state index in [1.807, 2.05) is 24.9 Å². The first-order valence-electron chi connectivity index (χ1n) is 5.27. The average molecular weight is 235 g/mol. The summed E-state index contributed by atoms with van der Waals surface area (Å²) in [5.74, 6) is 2.01. The molecule has 0 saturated heterocycles. The van der Waals surface area contributed by atoms with E-state index in [0.717, 1.165) is 18.0 Å². The molecule has 1 rings (SSSR count). The highest BCUT2D eigenvalue weighted by Gasteiger charge is 2.10. The fourth-order valence-corrected chi connectivity index (χ4v) is 1.97. The van der Waals surface area contributed by atoms with Crippen molar-refractivity contribution in [3.63, 3.8) is 0 Å². The highest BCUT2D eigenvalue weighted by Crippen LogP contribution is 2.15. The molecule has 3 nitrogen and oxygen atoms in total. The number of hydrogen-bond donors (Lipinski definition) is 0. The summed E-state index contributed by atoms with van der Waals surface area (Å²) in [4.78, 5) is 6.41. The lowest BCUT2D eigenvalue weighted by atomic mass is 10.2. The van der Waals surface area contributed by atoms with E-state index < -0.39 is 0 Å². The van der Waals surface area contributed by atoms with E-state index in [0.29, 0.717) is 11.6 Å². The van der Waals surface area contributed by atoms with Crippen molar-refractivity contribution >= 4 is 17.6 Å². The van der Waals surface area contributed by atoms with E-state index in [1.54, 1.807) is 12.3 Å². The van der Waals surface area contributed by atoms with Crippen LogP contribution in [0.25, 0.3) is 0 Å². The van der Waals surface area contributed by atoms with Crippen molar-refractivity contribution < 1.29 is 0 Å². The van der Waals surface area contributed by atoms with Crippen LogP contribution in [0, 0.1) is 11.3 Å². The number of nitrogens with zero attached hydrogens (tertiary/aromatic N) is 3. The van der Waals surface area contributed by atoms with E-state index in [4.69, 9.17) is 5.26 Å². The van der Waals surface area contributed by atoms with Crippen molar-refractivity contribution in [2.75, 3.05) is 24.0 Å². The Kier molecular flexibility index (Phi) is 5.13. The first-order chi connectivity index (χ1) is 7.69. The molecule has 0 spiro atoms. The SMILES string of the molecule is CSCCC(C)N(C)c1cc(C#N)ccn1. The van der Waals surface area contributed by atoms with Gasteiger partial charge < -0.3 is 4.90 Å². The summed E-state index contributed by atoms with van der Waals surface area (Å²) in [6.45, 7) is 2.18. The Morgan fingerprint density at radius 2 is 2.38 bits per heavy atom. The van der Waals surface area contributed by atoms with Crippen LogP contribution in [0.1, 0.15) is 18.9 Å². The molecule has 0 aliphatic heterocycles. The van der Waals surface area contributed by atoms with Gasteiger partial charge in [-0.05, 0) is 37.5 Å². The quantitative estimate of drug-likeness (QED) is 0.786. The van der Waals surface area contributed by atoms with Crippen molar-refractivity contribution in [2.24, 2.45) is 0 Å². The van der Waals surface area contributed by atoms with Crippen LogP contribution in [0.4, 0.5) is 5.82 Å². The Bertz CT molecular complexity index is 373. The van der Waals surface area contributed by atoms with E-state index >= 15 is 0 Å². The van der Waals surface area contributed by atoms with Crippen LogP contribution in [0.3, 0.4) is 0 Å². The van der Waals surface area contributed by atoms with Gasteiger partial charge in [-0.3, -0.25) is 0 Å². The molecule has 4 heteroatoms. The van der Waals surface area contributed by atoms with Crippen LogP contribution in [0.15, 0.2) is 18.3 Å². The molecule has 86 valence electrons. The van der Waals surface area contributed by atoms with Crippen LogP contribution in [-0.2, 0) is 0 Å².